The van der Waals surface area contributed by atoms with Gasteiger partial charge in [0.1, 0.15) is 5.75 Å². The Bertz CT molecular complexity index is 898. The normalized spacial score (nSPS) is 28.7. The maximum Gasteiger partial charge on any atom is 0.343 e. The first-order chi connectivity index (χ1) is 14.1. The van der Waals surface area contributed by atoms with E-state index in [4.69, 9.17) is 14.0 Å². The smallest absolute Gasteiger partial charge is 0.343 e. The van der Waals surface area contributed by atoms with Gasteiger partial charge >= 0.3 is 5.97 Å². The number of methoxy groups -OCH3 is 1. The van der Waals surface area contributed by atoms with E-state index in [2.05, 4.69) is 10.5 Å². The molecule has 2 aromatic rings. The number of carbonyl (C=O) groups is 1. The zero-order valence-electron chi connectivity index (χ0n) is 16.4. The number of carboxylic acids is 1. The van der Waals surface area contributed by atoms with Crippen LogP contribution in [0.5, 0.6) is 5.75 Å². The third-order valence-corrected chi connectivity index (χ3v) is 6.36. The number of piperidine rings is 1. The molecule has 0 aliphatic carbocycles. The van der Waals surface area contributed by atoms with E-state index in [1.54, 1.807) is 31.4 Å². The number of carboxylic acid groups (broad SMARTS) is 1. The van der Waals surface area contributed by atoms with Gasteiger partial charge in [-0.1, -0.05) is 5.16 Å². The topological polar surface area (TPSA) is 97.1 Å². The van der Waals surface area contributed by atoms with E-state index in [9.17, 15) is 9.90 Å². The molecule has 3 fully saturated rings. The second kappa shape index (κ2) is 7.03. The van der Waals surface area contributed by atoms with Crippen LogP contribution in [0.3, 0.4) is 0 Å². The molecule has 1 aromatic heterocycles. The van der Waals surface area contributed by atoms with Crippen molar-refractivity contribution >= 4 is 11.8 Å². The molecule has 1 aromatic carbocycles. The number of ether oxygens (including phenoxy) is 2. The zero-order valence-corrected chi connectivity index (χ0v) is 16.4. The minimum atomic E-state index is -1.04. The third-order valence-electron chi connectivity index (χ3n) is 6.36. The van der Waals surface area contributed by atoms with Gasteiger partial charge in [-0.15, -0.1) is 0 Å². The van der Waals surface area contributed by atoms with Crippen LogP contribution >= 0.6 is 0 Å². The van der Waals surface area contributed by atoms with Crippen molar-refractivity contribution in [2.45, 2.75) is 43.4 Å². The molecular formula is C21H25N3O5. The highest BCUT2D eigenvalue weighted by Crippen LogP contribution is 2.41. The molecule has 3 aliphatic heterocycles. The molecule has 2 bridgehead atoms. The molecule has 2 N–H and O–H groups in total. The van der Waals surface area contributed by atoms with E-state index < -0.39 is 5.97 Å². The third kappa shape index (κ3) is 3.26. The van der Waals surface area contributed by atoms with Crippen LogP contribution in [0.25, 0.3) is 11.3 Å². The Kier molecular flexibility index (Phi) is 4.48. The lowest BCUT2D eigenvalue weighted by molar-refractivity contribution is -0.0846. The van der Waals surface area contributed by atoms with E-state index in [0.717, 1.165) is 12.8 Å². The van der Waals surface area contributed by atoms with Crippen LogP contribution in [0.4, 0.5) is 5.82 Å². The molecule has 3 saturated heterocycles. The number of benzene rings is 1. The molecule has 0 saturated carbocycles. The van der Waals surface area contributed by atoms with Crippen LogP contribution in [0.2, 0.25) is 0 Å². The Balaban J connectivity index is 1.46. The van der Waals surface area contributed by atoms with Crippen molar-refractivity contribution in [2.24, 2.45) is 0 Å². The lowest BCUT2D eigenvalue weighted by atomic mass is 9.85. The number of nitrogens with zero attached hydrogens (tertiary/aromatic N) is 2. The second-order valence-corrected chi connectivity index (χ2v) is 8.24. The van der Waals surface area contributed by atoms with Gasteiger partial charge in [0.25, 0.3) is 0 Å². The highest BCUT2D eigenvalue weighted by atomic mass is 16.5. The van der Waals surface area contributed by atoms with Gasteiger partial charge in [-0.05, 0) is 49.9 Å². The predicted octanol–water partition coefficient (Wildman–Crippen LogP) is 2.54. The summed E-state index contributed by atoms with van der Waals surface area (Å²) in [5.41, 5.74) is 0.513. The average Bonchev–Trinajstić information content (AvgIpc) is 3.32. The summed E-state index contributed by atoms with van der Waals surface area (Å²) < 4.78 is 17.0. The Hall–Kier alpha value is -2.58. The summed E-state index contributed by atoms with van der Waals surface area (Å²) in [5, 5.41) is 17.8. The van der Waals surface area contributed by atoms with E-state index in [1.807, 2.05) is 4.90 Å². The van der Waals surface area contributed by atoms with Gasteiger partial charge < -0.3 is 29.3 Å². The van der Waals surface area contributed by atoms with Gasteiger partial charge in [-0.3, -0.25) is 0 Å². The Labute approximate surface area is 168 Å². The maximum atomic E-state index is 12.1. The van der Waals surface area contributed by atoms with E-state index >= 15 is 0 Å². The fraction of sp³-hybridized carbons (Fsp3) is 0.524. The first-order valence-electron chi connectivity index (χ1n) is 10.1. The number of aromatic nitrogens is 1. The van der Waals surface area contributed by atoms with Crippen LogP contribution in [0, 0.1) is 0 Å². The molecule has 8 heteroatoms. The summed E-state index contributed by atoms with van der Waals surface area (Å²) in [5.74, 6) is 0.303. The van der Waals surface area contributed by atoms with Crippen molar-refractivity contribution in [1.82, 2.24) is 10.5 Å². The summed E-state index contributed by atoms with van der Waals surface area (Å²) in [6, 6.07) is 8.08. The summed E-state index contributed by atoms with van der Waals surface area (Å²) in [4.78, 5) is 14.2. The van der Waals surface area contributed by atoms with E-state index in [1.165, 1.54) is 12.8 Å². The van der Waals surface area contributed by atoms with Gasteiger partial charge in [-0.25, -0.2) is 4.79 Å². The molecular weight excluding hydrogens is 374 g/mol. The minimum Gasteiger partial charge on any atom is -0.497 e. The van der Waals surface area contributed by atoms with Crippen molar-refractivity contribution < 1.29 is 23.9 Å². The van der Waals surface area contributed by atoms with Crippen LogP contribution in [-0.4, -0.2) is 60.7 Å². The molecule has 154 valence electrons. The number of hydrogen-bond acceptors (Lipinski definition) is 7. The van der Waals surface area contributed by atoms with Crippen molar-refractivity contribution in [3.8, 4) is 17.1 Å². The SMILES string of the molecule is COc1ccc(-c2onc(N3CCOC4(C[C@H]5CC[C@@H](C4)N5)C3)c2C(=O)O)cc1. The minimum absolute atomic E-state index is 0.101. The van der Waals surface area contributed by atoms with Gasteiger partial charge in [0.15, 0.2) is 17.1 Å². The number of morpholine rings is 1. The number of nitrogens with one attached hydrogen (secondary N) is 1. The van der Waals surface area contributed by atoms with E-state index in [-0.39, 0.29) is 16.9 Å². The second-order valence-electron chi connectivity index (χ2n) is 8.24. The van der Waals surface area contributed by atoms with Crippen LogP contribution in [0.1, 0.15) is 36.0 Å². The molecule has 3 aliphatic rings. The number of hydrogen-bond donors (Lipinski definition) is 2. The molecule has 1 unspecified atom stereocenters. The molecule has 5 rings (SSSR count). The van der Waals surface area contributed by atoms with Gasteiger partial charge in [-0.2, -0.15) is 0 Å². The molecule has 3 atom stereocenters. The Morgan fingerprint density at radius 1 is 1.28 bits per heavy atom. The van der Waals surface area contributed by atoms with Gasteiger partial charge in [0.2, 0.25) is 0 Å². The fourth-order valence-electron chi connectivity index (χ4n) is 5.11. The summed E-state index contributed by atoms with van der Waals surface area (Å²) in [7, 11) is 1.59. The van der Waals surface area contributed by atoms with Crippen LogP contribution < -0.4 is 15.0 Å². The lowest BCUT2D eigenvalue weighted by Crippen LogP contribution is -2.59. The maximum absolute atomic E-state index is 12.1. The molecule has 29 heavy (non-hydrogen) atoms. The Morgan fingerprint density at radius 2 is 2.00 bits per heavy atom. The van der Waals surface area contributed by atoms with Gasteiger partial charge in [0, 0.05) is 30.7 Å². The van der Waals surface area contributed by atoms with Gasteiger partial charge in [0.05, 0.1) is 19.3 Å². The summed E-state index contributed by atoms with van der Waals surface area (Å²) >= 11 is 0. The highest BCUT2D eigenvalue weighted by Gasteiger charge is 2.47. The first kappa shape index (κ1) is 18.4. The first-order valence-corrected chi connectivity index (χ1v) is 10.1. The van der Waals surface area contributed by atoms with Crippen molar-refractivity contribution in [3.05, 3.63) is 29.8 Å². The molecule has 0 radical (unpaired) electrons. The highest BCUT2D eigenvalue weighted by molar-refractivity contribution is 5.99. The quantitative estimate of drug-likeness (QED) is 0.810. The summed E-state index contributed by atoms with van der Waals surface area (Å²) in [6.45, 7) is 1.79. The van der Waals surface area contributed by atoms with Crippen molar-refractivity contribution in [1.29, 1.82) is 0 Å². The predicted molar refractivity (Wildman–Crippen MR) is 106 cm³/mol. The monoisotopic (exact) mass is 399 g/mol. The molecule has 1 spiro atoms. The summed E-state index contributed by atoms with van der Waals surface area (Å²) in [6.07, 6.45) is 4.26. The molecule has 0 amide bonds. The van der Waals surface area contributed by atoms with Crippen LogP contribution in [0.15, 0.2) is 28.8 Å². The number of rotatable bonds is 4. The van der Waals surface area contributed by atoms with Crippen LogP contribution in [-0.2, 0) is 4.74 Å². The zero-order chi connectivity index (χ0) is 20.0. The molecule has 8 nitrogen and oxygen atoms in total. The largest absolute Gasteiger partial charge is 0.497 e. The number of aromatic carboxylic acids is 1. The number of fused-ring (bicyclic) bond motifs is 2. The lowest BCUT2D eigenvalue weighted by Gasteiger charge is -2.47. The van der Waals surface area contributed by atoms with E-state index in [0.29, 0.717) is 48.9 Å². The molecule has 4 heterocycles. The standard InChI is InChI=1S/C21H25N3O5/c1-27-16-6-2-13(3-7-16)18-17(20(25)26)19(23-29-18)24-8-9-28-21(12-24)10-14-4-5-15(11-21)22-14/h2-3,6-7,14-15,22H,4-5,8-12H2,1H3,(H,25,26)/t14-,15+,21?. The average molecular weight is 399 g/mol. The number of anilines is 1. The Morgan fingerprint density at radius 3 is 2.66 bits per heavy atom. The van der Waals surface area contributed by atoms with Crippen molar-refractivity contribution in [2.75, 3.05) is 31.7 Å². The van der Waals surface area contributed by atoms with Crippen molar-refractivity contribution in [3.63, 3.8) is 0 Å². The fourth-order valence-corrected chi connectivity index (χ4v) is 5.11.